The van der Waals surface area contributed by atoms with Gasteiger partial charge in [-0.3, -0.25) is 0 Å². The quantitative estimate of drug-likeness (QED) is 0.677. The summed E-state index contributed by atoms with van der Waals surface area (Å²) in [7, 11) is 1.65. The highest BCUT2D eigenvalue weighted by Crippen LogP contribution is 2.40. The maximum Gasteiger partial charge on any atom is 0.165 e. The minimum absolute atomic E-state index is 0.179. The van der Waals surface area contributed by atoms with Crippen LogP contribution in [0.25, 0.3) is 0 Å². The highest BCUT2D eigenvalue weighted by molar-refractivity contribution is 5.51. The fourth-order valence-electron chi connectivity index (χ4n) is 1.54. The van der Waals surface area contributed by atoms with Crippen molar-refractivity contribution in [2.45, 2.75) is 25.9 Å². The van der Waals surface area contributed by atoms with Crippen LogP contribution in [0.5, 0.6) is 11.5 Å². The first-order chi connectivity index (χ1) is 6.62. The summed E-state index contributed by atoms with van der Waals surface area (Å²) in [6.45, 7) is 4.10. The zero-order chi connectivity index (χ0) is 10.2. The third-order valence-electron chi connectivity index (χ3n) is 2.28. The highest BCUT2D eigenvalue weighted by Gasteiger charge is 2.28. The number of methoxy groups -OCH3 is 1. The second kappa shape index (κ2) is 3.19. The van der Waals surface area contributed by atoms with Gasteiger partial charge < -0.3 is 9.47 Å². The summed E-state index contributed by atoms with van der Waals surface area (Å²) >= 11 is 0. The molecular weight excluding hydrogens is 176 g/mol. The van der Waals surface area contributed by atoms with Crippen molar-refractivity contribution in [3.05, 3.63) is 30.2 Å². The van der Waals surface area contributed by atoms with Gasteiger partial charge in [-0.25, -0.2) is 0 Å². The summed E-state index contributed by atoms with van der Waals surface area (Å²) < 4.78 is 11.1. The van der Waals surface area contributed by atoms with E-state index in [1.807, 2.05) is 18.2 Å². The average Bonchev–Trinajstić information content (AvgIpc) is 2.15. The van der Waals surface area contributed by atoms with E-state index in [1.54, 1.807) is 7.11 Å². The lowest BCUT2D eigenvalue weighted by Crippen LogP contribution is -2.31. The molecular formula is C12H14O2. The van der Waals surface area contributed by atoms with Gasteiger partial charge in [0.2, 0.25) is 0 Å². The number of rotatable bonds is 1. The van der Waals surface area contributed by atoms with Gasteiger partial charge in [0.25, 0.3) is 0 Å². The van der Waals surface area contributed by atoms with Gasteiger partial charge in [-0.1, -0.05) is 12.1 Å². The Bertz CT molecular complexity index is 328. The topological polar surface area (TPSA) is 18.5 Å². The molecule has 0 saturated heterocycles. The average molecular weight is 190 g/mol. The third kappa shape index (κ3) is 1.57. The van der Waals surface area contributed by atoms with E-state index in [-0.39, 0.29) is 5.60 Å². The van der Waals surface area contributed by atoms with Crippen molar-refractivity contribution in [1.82, 2.24) is 0 Å². The number of para-hydroxylation sites is 1. The van der Waals surface area contributed by atoms with E-state index in [2.05, 4.69) is 20.3 Å². The van der Waals surface area contributed by atoms with Gasteiger partial charge in [-0.2, -0.15) is 0 Å². The van der Waals surface area contributed by atoms with Crippen molar-refractivity contribution in [3.63, 3.8) is 0 Å². The number of benzene rings is 1. The van der Waals surface area contributed by atoms with Crippen LogP contribution in [0.4, 0.5) is 0 Å². The van der Waals surface area contributed by atoms with Crippen LogP contribution in [0.3, 0.4) is 0 Å². The Hall–Kier alpha value is -1.18. The summed E-state index contributed by atoms with van der Waals surface area (Å²) in [5.74, 6) is 1.59. The Labute approximate surface area is 84.8 Å². The van der Waals surface area contributed by atoms with Crippen molar-refractivity contribution in [2.24, 2.45) is 0 Å². The molecule has 0 aromatic heterocycles. The molecule has 1 heterocycles. The normalized spacial score (nSPS) is 18.2. The monoisotopic (exact) mass is 190 g/mol. The minimum atomic E-state index is -0.179. The van der Waals surface area contributed by atoms with Crippen molar-refractivity contribution in [1.29, 1.82) is 0 Å². The largest absolute Gasteiger partial charge is 0.493 e. The fraction of sp³-hybridized carbons (Fsp3) is 0.417. The van der Waals surface area contributed by atoms with Crippen molar-refractivity contribution in [2.75, 3.05) is 7.11 Å². The zero-order valence-corrected chi connectivity index (χ0v) is 8.76. The molecule has 1 aliphatic rings. The van der Waals surface area contributed by atoms with E-state index in [9.17, 15) is 0 Å². The summed E-state index contributed by atoms with van der Waals surface area (Å²) in [6, 6.07) is 5.85. The molecule has 1 aromatic carbocycles. The molecule has 1 aromatic rings. The SMILES string of the molecule is COc1cccc2c1OC(C)(C)C[C]2. The number of hydrogen-bond donors (Lipinski definition) is 0. The van der Waals surface area contributed by atoms with E-state index in [4.69, 9.17) is 9.47 Å². The first-order valence-corrected chi connectivity index (χ1v) is 4.72. The first kappa shape index (κ1) is 9.38. The maximum absolute atomic E-state index is 5.85. The first-order valence-electron chi connectivity index (χ1n) is 4.72. The van der Waals surface area contributed by atoms with E-state index in [0.717, 1.165) is 23.5 Å². The van der Waals surface area contributed by atoms with Crippen LogP contribution >= 0.6 is 0 Å². The standard InChI is InChI=1S/C12H14O2/c1-12(2)8-7-9-5-4-6-10(13-3)11(9)14-12/h4-6H,8H2,1-3H3. The second-order valence-corrected chi connectivity index (χ2v) is 4.05. The molecule has 2 radical (unpaired) electrons. The van der Waals surface area contributed by atoms with E-state index in [0.29, 0.717) is 0 Å². The molecule has 0 aliphatic carbocycles. The molecule has 14 heavy (non-hydrogen) atoms. The van der Waals surface area contributed by atoms with Gasteiger partial charge in [-0.15, -0.1) is 0 Å². The predicted octanol–water partition coefficient (Wildman–Crippen LogP) is 2.69. The van der Waals surface area contributed by atoms with Crippen LogP contribution in [0.15, 0.2) is 18.2 Å². The summed E-state index contributed by atoms with van der Waals surface area (Å²) in [5, 5.41) is 0. The van der Waals surface area contributed by atoms with Crippen molar-refractivity contribution < 1.29 is 9.47 Å². The zero-order valence-electron chi connectivity index (χ0n) is 8.76. The Balaban J connectivity index is 2.43. The number of ether oxygens (including phenoxy) is 2. The maximum atomic E-state index is 5.85. The summed E-state index contributed by atoms with van der Waals surface area (Å²) in [4.78, 5) is 0. The molecule has 2 heteroatoms. The van der Waals surface area contributed by atoms with Crippen LogP contribution in [-0.4, -0.2) is 12.7 Å². The van der Waals surface area contributed by atoms with Crippen LogP contribution in [-0.2, 0) is 0 Å². The number of hydrogen-bond acceptors (Lipinski definition) is 2. The van der Waals surface area contributed by atoms with Crippen molar-refractivity contribution >= 4 is 0 Å². The molecule has 0 atom stereocenters. The minimum Gasteiger partial charge on any atom is -0.493 e. The smallest absolute Gasteiger partial charge is 0.165 e. The summed E-state index contributed by atoms with van der Waals surface area (Å²) in [6.07, 6.45) is 4.14. The Morgan fingerprint density at radius 2 is 2.21 bits per heavy atom. The van der Waals surface area contributed by atoms with Gasteiger partial charge in [0.15, 0.2) is 11.5 Å². The predicted molar refractivity (Wildman–Crippen MR) is 54.7 cm³/mol. The molecule has 74 valence electrons. The Kier molecular flexibility index (Phi) is 2.14. The molecule has 0 N–H and O–H groups in total. The Morgan fingerprint density at radius 3 is 2.93 bits per heavy atom. The second-order valence-electron chi connectivity index (χ2n) is 4.05. The Morgan fingerprint density at radius 1 is 1.43 bits per heavy atom. The van der Waals surface area contributed by atoms with Gasteiger partial charge in [0, 0.05) is 12.0 Å². The van der Waals surface area contributed by atoms with Crippen LogP contribution in [0.1, 0.15) is 25.8 Å². The van der Waals surface area contributed by atoms with E-state index >= 15 is 0 Å². The highest BCUT2D eigenvalue weighted by atomic mass is 16.5. The lowest BCUT2D eigenvalue weighted by atomic mass is 9.94. The summed E-state index contributed by atoms with van der Waals surface area (Å²) in [5.41, 5.74) is 0.824. The third-order valence-corrected chi connectivity index (χ3v) is 2.28. The van der Waals surface area contributed by atoms with Gasteiger partial charge in [-0.05, 0) is 26.3 Å². The van der Waals surface area contributed by atoms with E-state index < -0.39 is 0 Å². The van der Waals surface area contributed by atoms with Crippen LogP contribution in [0.2, 0.25) is 0 Å². The fourth-order valence-corrected chi connectivity index (χ4v) is 1.54. The molecule has 0 bridgehead atoms. The number of fused-ring (bicyclic) bond motifs is 1. The van der Waals surface area contributed by atoms with Gasteiger partial charge in [0.05, 0.1) is 7.11 Å². The van der Waals surface area contributed by atoms with Gasteiger partial charge in [0.1, 0.15) is 5.60 Å². The molecule has 0 saturated carbocycles. The van der Waals surface area contributed by atoms with Crippen LogP contribution in [0, 0.1) is 6.42 Å². The molecule has 0 unspecified atom stereocenters. The lowest BCUT2D eigenvalue weighted by molar-refractivity contribution is 0.0942. The molecule has 0 amide bonds. The molecule has 1 aliphatic heterocycles. The molecule has 0 spiro atoms. The lowest BCUT2D eigenvalue weighted by Gasteiger charge is -2.32. The van der Waals surface area contributed by atoms with Crippen LogP contribution < -0.4 is 9.47 Å². The molecule has 0 fully saturated rings. The molecule has 2 rings (SSSR count). The molecule has 2 nitrogen and oxygen atoms in total. The van der Waals surface area contributed by atoms with Crippen molar-refractivity contribution in [3.8, 4) is 11.5 Å². The van der Waals surface area contributed by atoms with E-state index in [1.165, 1.54) is 0 Å². The van der Waals surface area contributed by atoms with Gasteiger partial charge >= 0.3 is 0 Å².